The summed E-state index contributed by atoms with van der Waals surface area (Å²) in [6.45, 7) is 1.55. The second-order valence-electron chi connectivity index (χ2n) is 5.35. The minimum atomic E-state index is -0.988. The van der Waals surface area contributed by atoms with E-state index in [0.29, 0.717) is 11.1 Å². The standard InChI is InChI=1S/C17H13N3O4/c1-10(18-19-13-8-4-5-9-14(13)20(23)24)15-16(21)11-6-2-3-7-12(11)17(15)22/h2-9,15,19H,1H3/b18-10-. The Morgan fingerprint density at radius 2 is 1.58 bits per heavy atom. The lowest BCUT2D eigenvalue weighted by Gasteiger charge is -2.08. The number of hydrogen-bond donors (Lipinski definition) is 1. The highest BCUT2D eigenvalue weighted by Gasteiger charge is 2.40. The van der Waals surface area contributed by atoms with Crippen LogP contribution in [0.4, 0.5) is 11.4 Å². The number of nitro benzene ring substituents is 1. The molecule has 0 saturated carbocycles. The Labute approximate surface area is 137 Å². The smallest absolute Gasteiger partial charge is 0.293 e. The number of Topliss-reactive ketones (excluding diaryl/α,β-unsaturated/α-hetero) is 2. The molecule has 0 amide bonds. The van der Waals surface area contributed by atoms with Gasteiger partial charge in [-0.05, 0) is 13.0 Å². The van der Waals surface area contributed by atoms with Gasteiger partial charge in [0.15, 0.2) is 11.6 Å². The molecule has 7 heteroatoms. The molecule has 0 aromatic heterocycles. The highest BCUT2D eigenvalue weighted by molar-refractivity contribution is 6.36. The number of nitrogens with one attached hydrogen (secondary N) is 1. The van der Waals surface area contributed by atoms with Gasteiger partial charge in [0.1, 0.15) is 11.6 Å². The van der Waals surface area contributed by atoms with Gasteiger partial charge in [-0.15, -0.1) is 0 Å². The van der Waals surface area contributed by atoms with E-state index in [-0.39, 0.29) is 28.7 Å². The maximum atomic E-state index is 12.4. The van der Waals surface area contributed by atoms with E-state index in [1.54, 1.807) is 43.3 Å². The van der Waals surface area contributed by atoms with Crippen molar-refractivity contribution in [3.05, 3.63) is 69.8 Å². The predicted molar refractivity (Wildman–Crippen MR) is 88.4 cm³/mol. The van der Waals surface area contributed by atoms with Crippen LogP contribution in [0.5, 0.6) is 0 Å². The minimum Gasteiger partial charge on any atom is -0.293 e. The molecule has 0 saturated heterocycles. The molecule has 1 N–H and O–H groups in total. The summed E-state index contributed by atoms with van der Waals surface area (Å²) in [4.78, 5) is 35.2. The summed E-state index contributed by atoms with van der Waals surface area (Å²) >= 11 is 0. The molecule has 2 aromatic carbocycles. The van der Waals surface area contributed by atoms with Gasteiger partial charge in [0.25, 0.3) is 5.69 Å². The molecule has 0 heterocycles. The summed E-state index contributed by atoms with van der Waals surface area (Å²) in [5, 5.41) is 15.0. The van der Waals surface area contributed by atoms with Crippen molar-refractivity contribution in [2.24, 2.45) is 11.0 Å². The molecule has 0 fully saturated rings. The number of carbonyl (C=O) groups excluding carboxylic acids is 2. The van der Waals surface area contributed by atoms with Crippen LogP contribution in [0.15, 0.2) is 53.6 Å². The number of nitrogens with zero attached hydrogens (tertiary/aromatic N) is 2. The number of fused-ring (bicyclic) bond motifs is 1. The van der Waals surface area contributed by atoms with Crippen LogP contribution in [-0.4, -0.2) is 22.2 Å². The van der Waals surface area contributed by atoms with E-state index in [9.17, 15) is 19.7 Å². The number of hydrogen-bond acceptors (Lipinski definition) is 6. The zero-order valence-electron chi connectivity index (χ0n) is 12.7. The van der Waals surface area contributed by atoms with E-state index in [1.807, 2.05) is 0 Å². The van der Waals surface area contributed by atoms with Gasteiger partial charge in [-0.25, -0.2) is 0 Å². The molecule has 1 aliphatic rings. The number of nitro groups is 1. The summed E-state index contributed by atoms with van der Waals surface area (Å²) in [5.41, 5.74) is 3.66. The van der Waals surface area contributed by atoms with Crippen LogP contribution in [-0.2, 0) is 0 Å². The van der Waals surface area contributed by atoms with Crippen LogP contribution >= 0.6 is 0 Å². The fraction of sp³-hybridized carbons (Fsp3) is 0.118. The van der Waals surface area contributed by atoms with E-state index >= 15 is 0 Å². The SMILES string of the molecule is C/C(=N/Nc1ccccc1[N+](=O)[O-])C1C(=O)c2ccccc2C1=O. The summed E-state index contributed by atoms with van der Waals surface area (Å²) in [6.07, 6.45) is 0. The summed E-state index contributed by atoms with van der Waals surface area (Å²) in [7, 11) is 0. The van der Waals surface area contributed by atoms with Crippen molar-refractivity contribution in [3.8, 4) is 0 Å². The Bertz CT molecular complexity index is 854. The normalized spacial score (nSPS) is 14.6. The first-order valence-corrected chi connectivity index (χ1v) is 7.21. The molecule has 24 heavy (non-hydrogen) atoms. The first-order chi connectivity index (χ1) is 11.5. The number of para-hydroxylation sites is 2. The minimum absolute atomic E-state index is 0.138. The van der Waals surface area contributed by atoms with Crippen molar-refractivity contribution in [1.82, 2.24) is 0 Å². The molecule has 0 unspecified atom stereocenters. The zero-order valence-corrected chi connectivity index (χ0v) is 12.7. The van der Waals surface area contributed by atoms with E-state index < -0.39 is 10.8 Å². The number of carbonyl (C=O) groups is 2. The van der Waals surface area contributed by atoms with Crippen molar-refractivity contribution in [2.45, 2.75) is 6.92 Å². The summed E-state index contributed by atoms with van der Waals surface area (Å²) in [5.74, 6) is -1.60. The van der Waals surface area contributed by atoms with Crippen LogP contribution in [0.1, 0.15) is 27.6 Å². The van der Waals surface area contributed by atoms with Gasteiger partial charge in [-0.1, -0.05) is 36.4 Å². The van der Waals surface area contributed by atoms with Gasteiger partial charge in [0.2, 0.25) is 0 Å². The molecule has 0 radical (unpaired) electrons. The third-order valence-corrected chi connectivity index (χ3v) is 3.85. The molecular weight excluding hydrogens is 310 g/mol. The van der Waals surface area contributed by atoms with Crippen LogP contribution in [0.25, 0.3) is 0 Å². The summed E-state index contributed by atoms with van der Waals surface area (Å²) < 4.78 is 0. The van der Waals surface area contributed by atoms with Crippen molar-refractivity contribution in [2.75, 3.05) is 5.43 Å². The highest BCUT2D eigenvalue weighted by Crippen LogP contribution is 2.28. The molecule has 0 bridgehead atoms. The van der Waals surface area contributed by atoms with E-state index in [1.165, 1.54) is 12.1 Å². The monoisotopic (exact) mass is 323 g/mol. The van der Waals surface area contributed by atoms with Crippen LogP contribution in [0, 0.1) is 16.0 Å². The van der Waals surface area contributed by atoms with Gasteiger partial charge in [0.05, 0.1) is 10.6 Å². The average Bonchev–Trinajstić information content (AvgIpc) is 2.84. The van der Waals surface area contributed by atoms with Gasteiger partial charge in [0, 0.05) is 17.2 Å². The predicted octanol–water partition coefficient (Wildman–Crippen LogP) is 3.08. The van der Waals surface area contributed by atoms with Gasteiger partial charge >= 0.3 is 0 Å². The quantitative estimate of drug-likeness (QED) is 0.403. The summed E-state index contributed by atoms with van der Waals surface area (Å²) in [6, 6.07) is 12.6. The van der Waals surface area contributed by atoms with E-state index in [2.05, 4.69) is 10.5 Å². The van der Waals surface area contributed by atoms with Crippen molar-refractivity contribution >= 4 is 28.7 Å². The fourth-order valence-corrected chi connectivity index (χ4v) is 2.66. The average molecular weight is 323 g/mol. The lowest BCUT2D eigenvalue weighted by atomic mass is 9.99. The van der Waals surface area contributed by atoms with Crippen molar-refractivity contribution in [3.63, 3.8) is 0 Å². The molecule has 7 nitrogen and oxygen atoms in total. The lowest BCUT2D eigenvalue weighted by molar-refractivity contribution is -0.384. The first-order valence-electron chi connectivity index (χ1n) is 7.21. The van der Waals surface area contributed by atoms with Gasteiger partial charge < -0.3 is 0 Å². The molecule has 1 aliphatic carbocycles. The molecule has 3 rings (SSSR count). The number of ketones is 2. The molecule has 0 aliphatic heterocycles. The van der Waals surface area contributed by atoms with Crippen LogP contribution < -0.4 is 5.43 Å². The van der Waals surface area contributed by atoms with E-state index in [4.69, 9.17) is 0 Å². The third kappa shape index (κ3) is 2.56. The Morgan fingerprint density at radius 1 is 1.04 bits per heavy atom. The Kier molecular flexibility index (Phi) is 3.91. The zero-order chi connectivity index (χ0) is 17.3. The second kappa shape index (κ2) is 6.04. The molecular formula is C17H13N3O4. The maximum Gasteiger partial charge on any atom is 0.294 e. The van der Waals surface area contributed by atoms with Crippen molar-refractivity contribution in [1.29, 1.82) is 0 Å². The largest absolute Gasteiger partial charge is 0.294 e. The third-order valence-electron chi connectivity index (χ3n) is 3.85. The van der Waals surface area contributed by atoms with Crippen LogP contribution in [0.2, 0.25) is 0 Å². The molecule has 0 spiro atoms. The number of anilines is 1. The lowest BCUT2D eigenvalue weighted by Crippen LogP contribution is -2.24. The fourth-order valence-electron chi connectivity index (χ4n) is 2.66. The Morgan fingerprint density at radius 3 is 2.17 bits per heavy atom. The number of benzene rings is 2. The molecule has 120 valence electrons. The highest BCUT2D eigenvalue weighted by atomic mass is 16.6. The number of rotatable bonds is 4. The maximum absolute atomic E-state index is 12.4. The van der Waals surface area contributed by atoms with E-state index in [0.717, 1.165) is 0 Å². The molecule has 2 aromatic rings. The van der Waals surface area contributed by atoms with Crippen molar-refractivity contribution < 1.29 is 14.5 Å². The second-order valence-corrected chi connectivity index (χ2v) is 5.35. The van der Waals surface area contributed by atoms with Gasteiger partial charge in [-0.2, -0.15) is 5.10 Å². The topological polar surface area (TPSA) is 102 Å². The van der Waals surface area contributed by atoms with Gasteiger partial charge in [-0.3, -0.25) is 25.1 Å². The number of hydrazone groups is 1. The molecule has 0 atom stereocenters. The van der Waals surface area contributed by atoms with Crippen LogP contribution in [0.3, 0.4) is 0 Å². The first kappa shape index (κ1) is 15.5. The Balaban J connectivity index is 1.87. The Hall–Kier alpha value is -3.35.